The average Bonchev–Trinajstić information content (AvgIpc) is 2.39. The van der Waals surface area contributed by atoms with Crippen LogP contribution in [-0.2, 0) is 9.53 Å². The van der Waals surface area contributed by atoms with Gasteiger partial charge in [-0.3, -0.25) is 4.79 Å². The summed E-state index contributed by atoms with van der Waals surface area (Å²) in [6.45, 7) is 2.70. The summed E-state index contributed by atoms with van der Waals surface area (Å²) in [6, 6.07) is 9.02. The molecule has 0 spiro atoms. The molecular weight excluding hydrogens is 274 g/mol. The van der Waals surface area contributed by atoms with Gasteiger partial charge in [-0.1, -0.05) is 23.7 Å². The van der Waals surface area contributed by atoms with Gasteiger partial charge in [-0.15, -0.1) is 0 Å². The average molecular weight is 292 g/mol. The van der Waals surface area contributed by atoms with Crippen LogP contribution >= 0.6 is 11.6 Å². The van der Waals surface area contributed by atoms with Crippen molar-refractivity contribution in [3.63, 3.8) is 0 Å². The molecule has 1 saturated carbocycles. The third kappa shape index (κ3) is 3.59. The topological polar surface area (TPSA) is 50.1 Å². The second kappa shape index (κ2) is 6.88. The first-order valence-corrected chi connectivity index (χ1v) is 7.31. The van der Waals surface area contributed by atoms with Crippen molar-refractivity contribution in [2.45, 2.75) is 38.2 Å². The number of Topliss-reactive ketones (excluding diaryl/α,β-unsaturated/α-hetero) is 1. The van der Waals surface area contributed by atoms with Crippen LogP contribution in [0.2, 0.25) is 5.02 Å². The van der Waals surface area contributed by atoms with Gasteiger partial charge in [0.1, 0.15) is 5.92 Å². The van der Waals surface area contributed by atoms with Crippen LogP contribution in [0.5, 0.6) is 0 Å². The molecular formula is C16H18ClNO2. The van der Waals surface area contributed by atoms with E-state index < -0.39 is 5.92 Å². The maximum absolute atomic E-state index is 12.2. The zero-order valence-corrected chi connectivity index (χ0v) is 12.3. The Morgan fingerprint density at radius 1 is 1.45 bits per heavy atom. The van der Waals surface area contributed by atoms with Crippen LogP contribution in [0, 0.1) is 17.2 Å². The summed E-state index contributed by atoms with van der Waals surface area (Å²) in [7, 11) is 0. The van der Waals surface area contributed by atoms with Crippen molar-refractivity contribution >= 4 is 17.4 Å². The third-order valence-electron chi connectivity index (χ3n) is 3.74. The zero-order chi connectivity index (χ0) is 14.5. The monoisotopic (exact) mass is 291 g/mol. The van der Waals surface area contributed by atoms with Crippen LogP contribution < -0.4 is 0 Å². The number of hydrogen-bond acceptors (Lipinski definition) is 3. The fourth-order valence-electron chi connectivity index (χ4n) is 2.60. The van der Waals surface area contributed by atoms with Crippen molar-refractivity contribution in [1.82, 2.24) is 0 Å². The minimum absolute atomic E-state index is 0.00484. The summed E-state index contributed by atoms with van der Waals surface area (Å²) in [4.78, 5) is 12.2. The zero-order valence-electron chi connectivity index (χ0n) is 11.5. The van der Waals surface area contributed by atoms with Gasteiger partial charge in [0.25, 0.3) is 0 Å². The highest BCUT2D eigenvalue weighted by Gasteiger charge is 2.33. The molecule has 1 atom stereocenters. The van der Waals surface area contributed by atoms with E-state index in [-0.39, 0.29) is 5.78 Å². The summed E-state index contributed by atoms with van der Waals surface area (Å²) in [5, 5.41) is 9.84. The molecule has 1 aromatic carbocycles. The summed E-state index contributed by atoms with van der Waals surface area (Å²) >= 11 is 5.82. The first-order chi connectivity index (χ1) is 9.63. The van der Waals surface area contributed by atoms with Gasteiger partial charge in [-0.25, -0.2) is 0 Å². The number of nitrogens with zero attached hydrogens (tertiary/aromatic N) is 1. The summed E-state index contributed by atoms with van der Waals surface area (Å²) in [6.07, 6.45) is 2.62. The SMILES string of the molecule is CCOC1CC(CC(=O)C(C#N)c2ccc(Cl)cc2)C1. The molecule has 106 valence electrons. The van der Waals surface area contributed by atoms with E-state index in [4.69, 9.17) is 16.3 Å². The molecule has 1 unspecified atom stereocenters. The number of benzene rings is 1. The van der Waals surface area contributed by atoms with E-state index >= 15 is 0 Å². The quantitative estimate of drug-likeness (QED) is 0.802. The number of nitriles is 1. The van der Waals surface area contributed by atoms with Gasteiger partial charge in [0.2, 0.25) is 0 Å². The molecule has 3 nitrogen and oxygen atoms in total. The van der Waals surface area contributed by atoms with Gasteiger partial charge in [-0.2, -0.15) is 5.26 Å². The smallest absolute Gasteiger partial charge is 0.154 e. The molecule has 1 fully saturated rings. The molecule has 4 heteroatoms. The number of rotatable bonds is 6. The molecule has 0 bridgehead atoms. The summed E-state index contributed by atoms with van der Waals surface area (Å²) < 4.78 is 5.48. The van der Waals surface area contributed by atoms with E-state index in [2.05, 4.69) is 6.07 Å². The lowest BCUT2D eigenvalue weighted by Crippen LogP contribution is -2.33. The van der Waals surface area contributed by atoms with Gasteiger partial charge >= 0.3 is 0 Å². The second-order valence-electron chi connectivity index (χ2n) is 5.20. The molecule has 0 amide bonds. The lowest BCUT2D eigenvalue weighted by molar-refractivity contribution is -0.122. The summed E-state index contributed by atoms with van der Waals surface area (Å²) in [5.41, 5.74) is 0.725. The number of hydrogen-bond donors (Lipinski definition) is 0. The van der Waals surface area contributed by atoms with Crippen LogP contribution in [0.25, 0.3) is 0 Å². The number of ketones is 1. The molecule has 2 rings (SSSR count). The highest BCUT2D eigenvalue weighted by atomic mass is 35.5. The highest BCUT2D eigenvalue weighted by Crippen LogP contribution is 2.34. The molecule has 0 N–H and O–H groups in total. The molecule has 20 heavy (non-hydrogen) atoms. The Labute approximate surface area is 124 Å². The molecule has 0 saturated heterocycles. The Morgan fingerprint density at radius 3 is 2.65 bits per heavy atom. The fourth-order valence-corrected chi connectivity index (χ4v) is 2.73. The van der Waals surface area contributed by atoms with Crippen molar-refractivity contribution < 1.29 is 9.53 Å². The van der Waals surface area contributed by atoms with Crippen molar-refractivity contribution in [3.8, 4) is 6.07 Å². The van der Waals surface area contributed by atoms with Gasteiger partial charge in [-0.05, 0) is 43.4 Å². The predicted octanol–water partition coefficient (Wildman–Crippen LogP) is 3.72. The van der Waals surface area contributed by atoms with Crippen molar-refractivity contribution in [2.75, 3.05) is 6.61 Å². The number of halogens is 1. The van der Waals surface area contributed by atoms with Crippen LogP contribution in [0.1, 0.15) is 37.7 Å². The second-order valence-corrected chi connectivity index (χ2v) is 5.64. The van der Waals surface area contributed by atoms with Gasteiger partial charge in [0.15, 0.2) is 5.78 Å². The normalized spacial score (nSPS) is 22.6. The molecule has 0 heterocycles. The Bertz CT molecular complexity index is 500. The highest BCUT2D eigenvalue weighted by molar-refractivity contribution is 6.30. The van der Waals surface area contributed by atoms with E-state index in [1.54, 1.807) is 24.3 Å². The van der Waals surface area contributed by atoms with Crippen LogP contribution in [0.3, 0.4) is 0 Å². The molecule has 1 aliphatic carbocycles. The maximum Gasteiger partial charge on any atom is 0.154 e. The Balaban J connectivity index is 1.91. The molecule has 0 aromatic heterocycles. The first-order valence-electron chi connectivity index (χ1n) is 6.93. The van der Waals surface area contributed by atoms with Gasteiger partial charge in [0, 0.05) is 18.1 Å². The first kappa shape index (κ1) is 15.0. The predicted molar refractivity (Wildman–Crippen MR) is 77.6 cm³/mol. The molecule has 0 aliphatic heterocycles. The van der Waals surface area contributed by atoms with Gasteiger partial charge in [0.05, 0.1) is 12.2 Å². The Morgan fingerprint density at radius 2 is 2.10 bits per heavy atom. The minimum atomic E-state index is -0.682. The lowest BCUT2D eigenvalue weighted by Gasteiger charge is -2.34. The summed E-state index contributed by atoms with van der Waals surface area (Å²) in [5.74, 6) is -0.324. The Kier molecular flexibility index (Phi) is 5.17. The Hall–Kier alpha value is -1.37. The van der Waals surface area contributed by atoms with Crippen LogP contribution in [0.4, 0.5) is 0 Å². The molecule has 1 aliphatic rings. The third-order valence-corrected chi connectivity index (χ3v) is 3.99. The van der Waals surface area contributed by atoms with E-state index in [0.29, 0.717) is 23.5 Å². The molecule has 0 radical (unpaired) electrons. The van der Waals surface area contributed by atoms with E-state index in [1.807, 2.05) is 6.92 Å². The lowest BCUT2D eigenvalue weighted by atomic mass is 9.77. The van der Waals surface area contributed by atoms with Gasteiger partial charge < -0.3 is 4.74 Å². The molecule has 1 aromatic rings. The van der Waals surface area contributed by atoms with Crippen molar-refractivity contribution in [1.29, 1.82) is 5.26 Å². The van der Waals surface area contributed by atoms with E-state index in [9.17, 15) is 10.1 Å². The van der Waals surface area contributed by atoms with Crippen LogP contribution in [0.15, 0.2) is 24.3 Å². The number of carbonyl (C=O) groups excluding carboxylic acids is 1. The van der Waals surface area contributed by atoms with E-state index in [0.717, 1.165) is 25.0 Å². The van der Waals surface area contributed by atoms with Crippen molar-refractivity contribution in [2.24, 2.45) is 5.92 Å². The fraction of sp³-hybridized carbons (Fsp3) is 0.500. The van der Waals surface area contributed by atoms with Crippen LogP contribution in [-0.4, -0.2) is 18.5 Å². The minimum Gasteiger partial charge on any atom is -0.378 e. The van der Waals surface area contributed by atoms with Crippen molar-refractivity contribution in [3.05, 3.63) is 34.9 Å². The standard InChI is InChI=1S/C16H18ClNO2/c1-2-20-14-7-11(8-14)9-16(19)15(10-18)12-3-5-13(17)6-4-12/h3-6,11,14-15H,2,7-9H2,1H3. The van der Waals surface area contributed by atoms with E-state index in [1.165, 1.54) is 0 Å². The maximum atomic E-state index is 12.2. The number of ether oxygens (including phenoxy) is 1. The largest absolute Gasteiger partial charge is 0.378 e. The number of carbonyl (C=O) groups is 1.